The zero-order valence-corrected chi connectivity index (χ0v) is 15.1. The van der Waals surface area contributed by atoms with Crippen LogP contribution in [-0.4, -0.2) is 52.9 Å². The number of nitrogens with zero attached hydrogens (tertiary/aromatic N) is 3. The number of carbonyl (C=O) groups excluding carboxylic acids is 1. The molecule has 4 rings (SSSR count). The predicted octanol–water partition coefficient (Wildman–Crippen LogP) is 2.65. The maximum atomic E-state index is 13.4. The lowest BCUT2D eigenvalue weighted by molar-refractivity contribution is -0.181. The van der Waals surface area contributed by atoms with Crippen molar-refractivity contribution < 1.29 is 18.7 Å². The van der Waals surface area contributed by atoms with Gasteiger partial charge in [-0.05, 0) is 31.2 Å². The Hall–Kier alpha value is -2.58. The number of halogens is 1. The molecule has 0 saturated carbocycles. The number of hydrogen-bond acceptors (Lipinski definition) is 6. The Bertz CT molecular complexity index is 845. The third kappa shape index (κ3) is 3.91. The highest BCUT2D eigenvalue weighted by atomic mass is 19.1. The molecule has 7 nitrogen and oxygen atoms in total. The minimum Gasteiger partial charge on any atom is -0.347 e. The van der Waals surface area contributed by atoms with Crippen molar-refractivity contribution in [2.45, 2.75) is 25.6 Å². The van der Waals surface area contributed by atoms with Crippen molar-refractivity contribution in [3.05, 3.63) is 47.5 Å². The lowest BCUT2D eigenvalue weighted by atomic mass is 10.0. The van der Waals surface area contributed by atoms with Crippen molar-refractivity contribution in [1.82, 2.24) is 14.9 Å². The number of aromatic nitrogens is 2. The first-order valence-corrected chi connectivity index (χ1v) is 8.99. The molecule has 2 aromatic rings. The Balaban J connectivity index is 1.48. The van der Waals surface area contributed by atoms with Crippen LogP contribution in [0.3, 0.4) is 0 Å². The highest BCUT2D eigenvalue weighted by molar-refractivity contribution is 5.92. The Morgan fingerprint density at radius 1 is 1.19 bits per heavy atom. The highest BCUT2D eigenvalue weighted by Gasteiger charge is 2.41. The summed E-state index contributed by atoms with van der Waals surface area (Å²) in [6.45, 7) is 4.10. The lowest BCUT2D eigenvalue weighted by Crippen LogP contribution is -2.47. The molecule has 2 fully saturated rings. The van der Waals surface area contributed by atoms with E-state index in [2.05, 4.69) is 15.3 Å². The molecule has 1 amide bonds. The standard InChI is InChI=1S/C19H21FN4O3/c1-13-11-16(23-18(21-13)22-15-4-2-3-14(20)12-15)17(25)24-7-5-19(6-8-24)26-9-10-27-19/h2-4,11-12H,5-10H2,1H3,(H,21,22,23). The normalized spacial score (nSPS) is 18.7. The van der Waals surface area contributed by atoms with Gasteiger partial charge in [0.1, 0.15) is 11.5 Å². The summed E-state index contributed by atoms with van der Waals surface area (Å²) in [6, 6.07) is 7.67. The van der Waals surface area contributed by atoms with Crippen molar-refractivity contribution in [1.29, 1.82) is 0 Å². The van der Waals surface area contributed by atoms with Crippen LogP contribution in [0.2, 0.25) is 0 Å². The van der Waals surface area contributed by atoms with Crippen LogP contribution >= 0.6 is 0 Å². The van der Waals surface area contributed by atoms with E-state index in [9.17, 15) is 9.18 Å². The number of ether oxygens (including phenoxy) is 2. The number of carbonyl (C=O) groups is 1. The zero-order valence-electron chi connectivity index (χ0n) is 15.1. The smallest absolute Gasteiger partial charge is 0.272 e. The fourth-order valence-electron chi connectivity index (χ4n) is 3.43. The Labute approximate surface area is 156 Å². The van der Waals surface area contributed by atoms with Crippen molar-refractivity contribution in [3.8, 4) is 0 Å². The van der Waals surface area contributed by atoms with Gasteiger partial charge in [-0.3, -0.25) is 4.79 Å². The van der Waals surface area contributed by atoms with Gasteiger partial charge in [-0.25, -0.2) is 14.4 Å². The molecule has 0 bridgehead atoms. The van der Waals surface area contributed by atoms with Gasteiger partial charge in [0.25, 0.3) is 5.91 Å². The predicted molar refractivity (Wildman–Crippen MR) is 96.2 cm³/mol. The van der Waals surface area contributed by atoms with Gasteiger partial charge in [0.05, 0.1) is 13.2 Å². The van der Waals surface area contributed by atoms with Crippen LogP contribution in [-0.2, 0) is 9.47 Å². The van der Waals surface area contributed by atoms with Gasteiger partial charge in [-0.1, -0.05) is 6.07 Å². The average molecular weight is 372 g/mol. The van der Waals surface area contributed by atoms with Crippen molar-refractivity contribution in [2.24, 2.45) is 0 Å². The maximum absolute atomic E-state index is 13.4. The topological polar surface area (TPSA) is 76.6 Å². The van der Waals surface area contributed by atoms with Gasteiger partial charge in [0.15, 0.2) is 5.79 Å². The molecule has 0 radical (unpaired) electrons. The molecule has 0 atom stereocenters. The lowest BCUT2D eigenvalue weighted by Gasteiger charge is -2.37. The molecule has 8 heteroatoms. The summed E-state index contributed by atoms with van der Waals surface area (Å²) in [5, 5.41) is 2.95. The number of amides is 1. The SMILES string of the molecule is Cc1cc(C(=O)N2CCC3(CC2)OCCO3)nc(Nc2cccc(F)c2)n1. The minimum absolute atomic E-state index is 0.157. The number of anilines is 2. The molecule has 1 N–H and O–H groups in total. The fraction of sp³-hybridized carbons (Fsp3) is 0.421. The molecular formula is C19H21FN4O3. The maximum Gasteiger partial charge on any atom is 0.272 e. The molecule has 0 unspecified atom stereocenters. The third-order valence-electron chi connectivity index (χ3n) is 4.78. The first kappa shape index (κ1) is 17.8. The van der Waals surface area contributed by atoms with E-state index in [-0.39, 0.29) is 17.7 Å². The van der Waals surface area contributed by atoms with Crippen LogP contribution in [0.1, 0.15) is 29.0 Å². The largest absolute Gasteiger partial charge is 0.347 e. The minimum atomic E-state index is -0.525. The van der Waals surface area contributed by atoms with E-state index >= 15 is 0 Å². The quantitative estimate of drug-likeness (QED) is 0.893. The number of hydrogen-bond donors (Lipinski definition) is 1. The summed E-state index contributed by atoms with van der Waals surface area (Å²) in [4.78, 5) is 23.2. The molecule has 1 aromatic heterocycles. The summed E-state index contributed by atoms with van der Waals surface area (Å²) >= 11 is 0. The monoisotopic (exact) mass is 372 g/mol. The van der Waals surface area contributed by atoms with Crippen molar-refractivity contribution in [2.75, 3.05) is 31.6 Å². The molecule has 27 heavy (non-hydrogen) atoms. The fourth-order valence-corrected chi connectivity index (χ4v) is 3.43. The van der Waals surface area contributed by atoms with Crippen LogP contribution in [0.15, 0.2) is 30.3 Å². The van der Waals surface area contributed by atoms with Crippen molar-refractivity contribution in [3.63, 3.8) is 0 Å². The van der Waals surface area contributed by atoms with Crippen LogP contribution in [0, 0.1) is 12.7 Å². The average Bonchev–Trinajstić information content (AvgIpc) is 3.09. The summed E-state index contributed by atoms with van der Waals surface area (Å²) < 4.78 is 24.8. The molecule has 1 spiro atoms. The number of likely N-dealkylation sites (tertiary alicyclic amines) is 1. The first-order valence-electron chi connectivity index (χ1n) is 8.99. The number of aryl methyl sites for hydroxylation is 1. The van der Waals surface area contributed by atoms with E-state index in [4.69, 9.17) is 9.47 Å². The third-order valence-corrected chi connectivity index (χ3v) is 4.78. The van der Waals surface area contributed by atoms with Crippen LogP contribution in [0.5, 0.6) is 0 Å². The number of rotatable bonds is 3. The Kier molecular flexibility index (Phi) is 4.75. The van der Waals surface area contributed by atoms with Gasteiger partial charge in [0.2, 0.25) is 5.95 Å². The molecular weight excluding hydrogens is 351 g/mol. The summed E-state index contributed by atoms with van der Waals surface area (Å²) in [5.41, 5.74) is 1.49. The molecule has 2 saturated heterocycles. The van der Waals surface area contributed by atoms with Crippen LogP contribution < -0.4 is 5.32 Å². The second-order valence-electron chi connectivity index (χ2n) is 6.75. The summed E-state index contributed by atoms with van der Waals surface area (Å²) in [7, 11) is 0. The second-order valence-corrected chi connectivity index (χ2v) is 6.75. The van der Waals surface area contributed by atoms with E-state index in [0.29, 0.717) is 56.2 Å². The molecule has 2 aliphatic rings. The van der Waals surface area contributed by atoms with Gasteiger partial charge < -0.3 is 19.7 Å². The number of piperidine rings is 1. The van der Waals surface area contributed by atoms with E-state index in [1.54, 1.807) is 30.0 Å². The number of nitrogens with one attached hydrogen (secondary N) is 1. The van der Waals surface area contributed by atoms with Crippen LogP contribution in [0.4, 0.5) is 16.0 Å². The molecule has 1 aromatic carbocycles. The molecule has 0 aliphatic carbocycles. The highest BCUT2D eigenvalue weighted by Crippen LogP contribution is 2.31. The van der Waals surface area contributed by atoms with Gasteiger partial charge in [-0.2, -0.15) is 0 Å². The molecule has 3 heterocycles. The van der Waals surface area contributed by atoms with E-state index < -0.39 is 5.79 Å². The molecule has 2 aliphatic heterocycles. The summed E-state index contributed by atoms with van der Waals surface area (Å²) in [5.74, 6) is -0.777. The Morgan fingerprint density at radius 2 is 1.93 bits per heavy atom. The van der Waals surface area contributed by atoms with Gasteiger partial charge in [0, 0.05) is 37.3 Å². The first-order chi connectivity index (χ1) is 13.0. The summed E-state index contributed by atoms with van der Waals surface area (Å²) in [6.07, 6.45) is 1.30. The molecule has 142 valence electrons. The van der Waals surface area contributed by atoms with E-state index in [0.717, 1.165) is 0 Å². The van der Waals surface area contributed by atoms with Crippen LogP contribution in [0.25, 0.3) is 0 Å². The second kappa shape index (κ2) is 7.21. The van der Waals surface area contributed by atoms with E-state index in [1.807, 2.05) is 0 Å². The Morgan fingerprint density at radius 3 is 2.63 bits per heavy atom. The zero-order chi connectivity index (χ0) is 18.9. The van der Waals surface area contributed by atoms with Gasteiger partial charge in [-0.15, -0.1) is 0 Å². The van der Waals surface area contributed by atoms with Crippen molar-refractivity contribution >= 4 is 17.5 Å². The van der Waals surface area contributed by atoms with Gasteiger partial charge >= 0.3 is 0 Å². The number of benzene rings is 1. The van der Waals surface area contributed by atoms with E-state index in [1.165, 1.54) is 12.1 Å².